The Morgan fingerprint density at radius 3 is 2.44 bits per heavy atom. The van der Waals surface area contributed by atoms with Crippen molar-refractivity contribution in [2.45, 2.75) is 13.0 Å². The van der Waals surface area contributed by atoms with Gasteiger partial charge in [0, 0.05) is 16.4 Å². The zero-order chi connectivity index (χ0) is 18.0. The number of carbonyl (C=O) groups is 1. The highest BCUT2D eigenvalue weighted by Crippen LogP contribution is 2.29. The highest BCUT2D eigenvalue weighted by atomic mass is 35.5. The molecule has 0 aliphatic carbocycles. The molecule has 1 heterocycles. The first-order chi connectivity index (χ1) is 11.9. The van der Waals surface area contributed by atoms with Crippen LogP contribution in [-0.4, -0.2) is 16.1 Å². The molecule has 1 aliphatic heterocycles. The van der Waals surface area contributed by atoms with Crippen molar-refractivity contribution in [3.8, 4) is 5.75 Å². The molecule has 2 aromatic rings. The van der Waals surface area contributed by atoms with Crippen LogP contribution in [0.15, 0.2) is 59.8 Å². The largest absolute Gasteiger partial charge is 0.508 e. The van der Waals surface area contributed by atoms with Gasteiger partial charge >= 0.3 is 0 Å². The van der Waals surface area contributed by atoms with Crippen molar-refractivity contribution in [1.82, 2.24) is 10.6 Å². The smallest absolute Gasteiger partial charge is 0.255 e. The van der Waals surface area contributed by atoms with E-state index in [9.17, 15) is 9.90 Å². The second kappa shape index (κ2) is 7.13. The van der Waals surface area contributed by atoms with Gasteiger partial charge in [-0.3, -0.25) is 4.79 Å². The average Bonchev–Trinajstić information content (AvgIpc) is 2.57. The molecule has 7 heteroatoms. The first-order valence-electron chi connectivity index (χ1n) is 7.58. The summed E-state index contributed by atoms with van der Waals surface area (Å²) >= 11 is 11.1. The summed E-state index contributed by atoms with van der Waals surface area (Å²) in [6.45, 7) is 1.80. The van der Waals surface area contributed by atoms with Gasteiger partial charge in [-0.15, -0.1) is 0 Å². The van der Waals surface area contributed by atoms with Crippen LogP contribution in [0.1, 0.15) is 18.5 Å². The molecule has 128 valence electrons. The summed E-state index contributed by atoms with van der Waals surface area (Å²) in [6.07, 6.45) is 0. The lowest BCUT2D eigenvalue weighted by molar-refractivity contribution is -0.113. The standard InChI is InChI=1S/C18H16ClN3O2S/c1-10-15(17(24)21-13-6-4-12(19)5-7-13)16(22-18(25)20-10)11-2-8-14(23)9-3-11/h2-9,16,23H,1H3,(H,21,24)(H2,20,22,25)/t16-/m1/s1. The van der Waals surface area contributed by atoms with Crippen LogP contribution in [0, 0.1) is 0 Å². The fraction of sp³-hybridized carbons (Fsp3) is 0.111. The van der Waals surface area contributed by atoms with Crippen LogP contribution in [0.5, 0.6) is 5.75 Å². The van der Waals surface area contributed by atoms with Gasteiger partial charge in [0.25, 0.3) is 5.91 Å². The van der Waals surface area contributed by atoms with Gasteiger partial charge in [-0.05, 0) is 61.1 Å². The Kier molecular flexibility index (Phi) is 4.92. The van der Waals surface area contributed by atoms with Crippen molar-refractivity contribution in [3.05, 3.63) is 70.4 Å². The minimum Gasteiger partial charge on any atom is -0.508 e. The van der Waals surface area contributed by atoms with Gasteiger partial charge in [0.2, 0.25) is 0 Å². The molecule has 1 amide bonds. The maximum Gasteiger partial charge on any atom is 0.255 e. The number of thiocarbonyl (C=S) groups is 1. The second-order valence-corrected chi connectivity index (χ2v) is 6.47. The lowest BCUT2D eigenvalue weighted by Gasteiger charge is -2.30. The molecule has 0 spiro atoms. The van der Waals surface area contributed by atoms with Crippen LogP contribution in [0.25, 0.3) is 0 Å². The lowest BCUT2D eigenvalue weighted by Crippen LogP contribution is -2.45. The summed E-state index contributed by atoms with van der Waals surface area (Å²) in [6, 6.07) is 13.1. The van der Waals surface area contributed by atoms with Crippen LogP contribution in [0.4, 0.5) is 5.69 Å². The number of carbonyl (C=O) groups excluding carboxylic acids is 1. The number of amides is 1. The molecule has 0 radical (unpaired) electrons. The normalized spacial score (nSPS) is 16.9. The molecular weight excluding hydrogens is 358 g/mol. The number of rotatable bonds is 3. The Morgan fingerprint density at radius 1 is 1.16 bits per heavy atom. The molecule has 2 aromatic carbocycles. The summed E-state index contributed by atoms with van der Waals surface area (Å²) in [4.78, 5) is 12.8. The van der Waals surface area contributed by atoms with Crippen LogP contribution >= 0.6 is 23.8 Å². The van der Waals surface area contributed by atoms with E-state index in [1.54, 1.807) is 55.5 Å². The fourth-order valence-corrected chi connectivity index (χ4v) is 3.04. The summed E-state index contributed by atoms with van der Waals surface area (Å²) < 4.78 is 0. The molecule has 5 nitrogen and oxygen atoms in total. The monoisotopic (exact) mass is 373 g/mol. The van der Waals surface area contributed by atoms with Gasteiger partial charge in [-0.25, -0.2) is 0 Å². The molecule has 0 bridgehead atoms. The first-order valence-corrected chi connectivity index (χ1v) is 8.37. The minimum absolute atomic E-state index is 0.160. The molecule has 1 atom stereocenters. The number of hydrogen-bond donors (Lipinski definition) is 4. The van der Waals surface area contributed by atoms with Gasteiger partial charge in [-0.2, -0.15) is 0 Å². The van der Waals surface area contributed by atoms with E-state index >= 15 is 0 Å². The number of phenols is 1. The topological polar surface area (TPSA) is 73.4 Å². The number of halogens is 1. The molecule has 3 rings (SSSR count). The van der Waals surface area contributed by atoms with Crippen molar-refractivity contribution in [3.63, 3.8) is 0 Å². The molecule has 0 fully saturated rings. The third-order valence-corrected chi connectivity index (χ3v) is 4.31. The predicted molar refractivity (Wildman–Crippen MR) is 102 cm³/mol. The number of aromatic hydroxyl groups is 1. The van der Waals surface area contributed by atoms with Gasteiger partial charge in [0.1, 0.15) is 5.75 Å². The zero-order valence-corrected chi connectivity index (χ0v) is 14.9. The van der Waals surface area contributed by atoms with Gasteiger partial charge in [0.05, 0.1) is 11.6 Å². The maximum absolute atomic E-state index is 12.8. The number of hydrogen-bond acceptors (Lipinski definition) is 3. The molecule has 0 saturated carbocycles. The Hall–Kier alpha value is -2.57. The predicted octanol–water partition coefficient (Wildman–Crippen LogP) is 3.48. The molecule has 25 heavy (non-hydrogen) atoms. The van der Waals surface area contributed by atoms with Crippen molar-refractivity contribution in [2.75, 3.05) is 5.32 Å². The Bertz CT molecular complexity index is 848. The third kappa shape index (κ3) is 3.92. The molecule has 1 aliphatic rings. The first kappa shape index (κ1) is 17.3. The Morgan fingerprint density at radius 2 is 1.80 bits per heavy atom. The van der Waals surface area contributed by atoms with Crippen molar-refractivity contribution >= 4 is 40.5 Å². The Balaban J connectivity index is 1.92. The molecular formula is C18H16ClN3O2S. The summed E-state index contributed by atoms with van der Waals surface area (Å²) in [7, 11) is 0. The van der Waals surface area contributed by atoms with Crippen molar-refractivity contribution in [2.24, 2.45) is 0 Å². The number of benzene rings is 2. The van der Waals surface area contributed by atoms with E-state index in [1.807, 2.05) is 0 Å². The second-order valence-electron chi connectivity index (χ2n) is 5.62. The van der Waals surface area contributed by atoms with Crippen molar-refractivity contribution in [1.29, 1.82) is 0 Å². The minimum atomic E-state index is -0.415. The molecule has 0 unspecified atom stereocenters. The number of anilines is 1. The molecule has 4 N–H and O–H groups in total. The molecule has 0 saturated heterocycles. The van der Waals surface area contributed by atoms with Crippen LogP contribution in [0.2, 0.25) is 5.02 Å². The number of allylic oxidation sites excluding steroid dienone is 1. The van der Waals surface area contributed by atoms with Crippen LogP contribution in [0.3, 0.4) is 0 Å². The van der Waals surface area contributed by atoms with E-state index in [0.29, 0.717) is 27.1 Å². The maximum atomic E-state index is 12.8. The van der Waals surface area contributed by atoms with Crippen LogP contribution in [-0.2, 0) is 4.79 Å². The summed E-state index contributed by atoms with van der Waals surface area (Å²) in [5, 5.41) is 19.5. The van der Waals surface area contributed by atoms with E-state index in [2.05, 4.69) is 16.0 Å². The Labute approximate surface area is 155 Å². The van der Waals surface area contributed by atoms with E-state index in [0.717, 1.165) is 5.56 Å². The summed E-state index contributed by atoms with van der Waals surface area (Å²) in [5.41, 5.74) is 2.66. The quantitative estimate of drug-likeness (QED) is 0.620. The van der Waals surface area contributed by atoms with Crippen molar-refractivity contribution < 1.29 is 9.90 Å². The SMILES string of the molecule is CC1=C(C(=O)Nc2ccc(Cl)cc2)[C@@H](c2ccc(O)cc2)NC(=S)N1. The van der Waals surface area contributed by atoms with E-state index in [-0.39, 0.29) is 11.7 Å². The van der Waals surface area contributed by atoms with Gasteiger partial charge in [-0.1, -0.05) is 23.7 Å². The highest BCUT2D eigenvalue weighted by Gasteiger charge is 2.29. The fourth-order valence-electron chi connectivity index (χ4n) is 2.64. The number of phenolic OH excluding ortho intramolecular Hbond substituents is 1. The van der Waals surface area contributed by atoms with Gasteiger partial charge < -0.3 is 21.1 Å². The van der Waals surface area contributed by atoms with Gasteiger partial charge in [0.15, 0.2) is 5.11 Å². The number of nitrogens with one attached hydrogen (secondary N) is 3. The molecule has 0 aromatic heterocycles. The average molecular weight is 374 g/mol. The van der Waals surface area contributed by atoms with E-state index in [1.165, 1.54) is 0 Å². The van der Waals surface area contributed by atoms with E-state index < -0.39 is 6.04 Å². The van der Waals surface area contributed by atoms with Crippen LogP contribution < -0.4 is 16.0 Å². The lowest BCUT2D eigenvalue weighted by atomic mass is 9.95. The highest BCUT2D eigenvalue weighted by molar-refractivity contribution is 7.80. The zero-order valence-electron chi connectivity index (χ0n) is 13.3. The summed E-state index contributed by atoms with van der Waals surface area (Å²) in [5.74, 6) is -0.0893. The van der Waals surface area contributed by atoms with E-state index in [4.69, 9.17) is 23.8 Å². The third-order valence-electron chi connectivity index (χ3n) is 3.84.